The number of carbonyl (C=O) groups excluding carboxylic acids is 1. The van der Waals surface area contributed by atoms with Crippen LogP contribution < -0.4 is 5.73 Å². The van der Waals surface area contributed by atoms with Gasteiger partial charge in [0.05, 0.1) is 5.56 Å². The Hall–Kier alpha value is -2.23. The second kappa shape index (κ2) is 5.61. The number of anilines is 1. The summed E-state index contributed by atoms with van der Waals surface area (Å²) in [6, 6.07) is 10.7. The van der Waals surface area contributed by atoms with Crippen LogP contribution in [0, 0.1) is 11.6 Å². The lowest BCUT2D eigenvalue weighted by Crippen LogP contribution is -2.05. The molecule has 0 spiro atoms. The molecule has 0 atom stereocenters. The summed E-state index contributed by atoms with van der Waals surface area (Å²) in [4.78, 5) is 11.8. The largest absolute Gasteiger partial charge is 0.399 e. The first-order valence-corrected chi connectivity index (χ1v) is 5.89. The molecule has 0 amide bonds. The van der Waals surface area contributed by atoms with Gasteiger partial charge in [-0.15, -0.1) is 0 Å². The molecule has 2 nitrogen and oxygen atoms in total. The highest BCUT2D eigenvalue weighted by Gasteiger charge is 2.14. The van der Waals surface area contributed by atoms with Crippen molar-refractivity contribution in [2.24, 2.45) is 0 Å². The van der Waals surface area contributed by atoms with Crippen LogP contribution in [0.2, 0.25) is 0 Å². The number of Topliss-reactive ketones (excluding diaryl/α,β-unsaturated/α-hetero) is 1. The molecule has 0 bridgehead atoms. The highest BCUT2D eigenvalue weighted by Crippen LogP contribution is 2.15. The lowest BCUT2D eigenvalue weighted by atomic mass is 10.0. The second-order valence-electron chi connectivity index (χ2n) is 4.27. The molecule has 2 N–H and O–H groups in total. The zero-order chi connectivity index (χ0) is 13.8. The van der Waals surface area contributed by atoms with Crippen LogP contribution in [0.25, 0.3) is 0 Å². The molecule has 2 aromatic rings. The van der Waals surface area contributed by atoms with E-state index in [-0.39, 0.29) is 12.0 Å². The van der Waals surface area contributed by atoms with E-state index in [4.69, 9.17) is 5.73 Å². The molecule has 2 rings (SSSR count). The highest BCUT2D eigenvalue weighted by molar-refractivity contribution is 5.96. The maximum atomic E-state index is 13.4. The Balaban J connectivity index is 2.08. The van der Waals surface area contributed by atoms with Crippen molar-refractivity contribution in [3.8, 4) is 0 Å². The molecule has 0 aliphatic carbocycles. The zero-order valence-electron chi connectivity index (χ0n) is 10.2. The lowest BCUT2D eigenvalue weighted by Gasteiger charge is -2.04. The van der Waals surface area contributed by atoms with Gasteiger partial charge in [-0.2, -0.15) is 0 Å². The number of nitrogens with two attached hydrogens (primary N) is 1. The number of halogens is 2. The molecule has 0 unspecified atom stereocenters. The topological polar surface area (TPSA) is 43.1 Å². The van der Waals surface area contributed by atoms with Crippen LogP contribution >= 0.6 is 0 Å². The minimum atomic E-state index is -1.08. The average Bonchev–Trinajstić information content (AvgIpc) is 2.39. The molecule has 0 aliphatic rings. The number of benzene rings is 2. The molecular formula is C15H13F2NO. The molecule has 0 saturated heterocycles. The minimum Gasteiger partial charge on any atom is -0.399 e. The molecular weight excluding hydrogens is 248 g/mol. The molecule has 0 aliphatic heterocycles. The lowest BCUT2D eigenvalue weighted by molar-refractivity contribution is 0.0978. The van der Waals surface area contributed by atoms with Gasteiger partial charge in [-0.3, -0.25) is 4.79 Å². The van der Waals surface area contributed by atoms with Crippen LogP contribution in [0.4, 0.5) is 14.5 Å². The Morgan fingerprint density at radius 3 is 2.58 bits per heavy atom. The van der Waals surface area contributed by atoms with Gasteiger partial charge in [-0.1, -0.05) is 18.2 Å². The molecule has 98 valence electrons. The van der Waals surface area contributed by atoms with Crippen LogP contribution in [-0.2, 0) is 6.42 Å². The standard InChI is InChI=1S/C15H13F2NO/c16-13-6-2-5-12(15(13)17)14(19)8-7-10-3-1-4-11(18)9-10/h1-6,9H,7-8,18H2. The summed E-state index contributed by atoms with van der Waals surface area (Å²) in [6.07, 6.45) is 0.559. The monoisotopic (exact) mass is 261 g/mol. The Morgan fingerprint density at radius 2 is 1.84 bits per heavy atom. The third kappa shape index (κ3) is 3.16. The maximum Gasteiger partial charge on any atom is 0.169 e. The smallest absolute Gasteiger partial charge is 0.169 e. The van der Waals surface area contributed by atoms with E-state index in [0.717, 1.165) is 11.6 Å². The predicted molar refractivity (Wildman–Crippen MR) is 69.9 cm³/mol. The minimum absolute atomic E-state index is 0.115. The maximum absolute atomic E-state index is 13.4. The first-order valence-electron chi connectivity index (χ1n) is 5.89. The van der Waals surface area contributed by atoms with Crippen LogP contribution in [0.3, 0.4) is 0 Å². The van der Waals surface area contributed by atoms with E-state index in [1.165, 1.54) is 12.1 Å². The number of aryl methyl sites for hydroxylation is 1. The van der Waals surface area contributed by atoms with E-state index >= 15 is 0 Å². The summed E-state index contributed by atoms with van der Waals surface area (Å²) >= 11 is 0. The zero-order valence-corrected chi connectivity index (χ0v) is 10.2. The first kappa shape index (κ1) is 13.2. The van der Waals surface area contributed by atoms with Gasteiger partial charge in [0.1, 0.15) is 0 Å². The Bertz CT molecular complexity index is 611. The Morgan fingerprint density at radius 1 is 1.11 bits per heavy atom. The molecule has 0 heterocycles. The number of ketones is 1. The molecule has 0 aromatic heterocycles. The summed E-state index contributed by atoms with van der Waals surface area (Å²) in [7, 11) is 0. The Kier molecular flexibility index (Phi) is 3.90. The number of hydrogen-bond donors (Lipinski definition) is 1. The predicted octanol–water partition coefficient (Wildman–Crippen LogP) is 3.36. The van der Waals surface area contributed by atoms with Crippen molar-refractivity contribution in [1.29, 1.82) is 0 Å². The Labute approximate surface area is 109 Å². The van der Waals surface area contributed by atoms with Crippen LogP contribution in [0.1, 0.15) is 22.3 Å². The molecule has 19 heavy (non-hydrogen) atoms. The number of hydrogen-bond acceptors (Lipinski definition) is 2. The van der Waals surface area contributed by atoms with E-state index in [1.807, 2.05) is 6.07 Å². The van der Waals surface area contributed by atoms with Gasteiger partial charge in [0.25, 0.3) is 0 Å². The number of carbonyl (C=O) groups is 1. The van der Waals surface area contributed by atoms with Gasteiger partial charge in [0.2, 0.25) is 0 Å². The fourth-order valence-electron chi connectivity index (χ4n) is 1.86. The van der Waals surface area contributed by atoms with Gasteiger partial charge < -0.3 is 5.73 Å². The van der Waals surface area contributed by atoms with Gasteiger partial charge in [-0.05, 0) is 36.2 Å². The van der Waals surface area contributed by atoms with E-state index in [0.29, 0.717) is 12.1 Å². The quantitative estimate of drug-likeness (QED) is 0.677. The van der Waals surface area contributed by atoms with E-state index in [9.17, 15) is 13.6 Å². The van der Waals surface area contributed by atoms with Crippen molar-refractivity contribution >= 4 is 11.5 Å². The normalized spacial score (nSPS) is 10.4. The van der Waals surface area contributed by atoms with E-state index in [1.54, 1.807) is 18.2 Å². The average molecular weight is 261 g/mol. The fourth-order valence-corrected chi connectivity index (χ4v) is 1.86. The highest BCUT2D eigenvalue weighted by atomic mass is 19.2. The van der Waals surface area contributed by atoms with E-state index in [2.05, 4.69) is 0 Å². The number of rotatable bonds is 4. The van der Waals surface area contributed by atoms with Crippen molar-refractivity contribution < 1.29 is 13.6 Å². The summed E-state index contributed by atoms with van der Waals surface area (Å²) in [5, 5.41) is 0. The van der Waals surface area contributed by atoms with Crippen LogP contribution in [-0.4, -0.2) is 5.78 Å². The molecule has 0 fully saturated rings. The summed E-state index contributed by atoms with van der Waals surface area (Å²) < 4.78 is 26.4. The van der Waals surface area contributed by atoms with Crippen LogP contribution in [0.5, 0.6) is 0 Å². The molecule has 4 heteroatoms. The third-order valence-electron chi connectivity index (χ3n) is 2.84. The SMILES string of the molecule is Nc1cccc(CCC(=O)c2cccc(F)c2F)c1. The summed E-state index contributed by atoms with van der Waals surface area (Å²) in [6.45, 7) is 0. The first-order chi connectivity index (χ1) is 9.08. The number of nitrogen functional groups attached to an aromatic ring is 1. The van der Waals surface area contributed by atoms with Crippen molar-refractivity contribution in [3.05, 3.63) is 65.2 Å². The van der Waals surface area contributed by atoms with Crippen molar-refractivity contribution in [3.63, 3.8) is 0 Å². The fraction of sp³-hybridized carbons (Fsp3) is 0.133. The van der Waals surface area contributed by atoms with Gasteiger partial charge >= 0.3 is 0 Å². The van der Waals surface area contributed by atoms with E-state index < -0.39 is 17.4 Å². The molecule has 2 aromatic carbocycles. The van der Waals surface area contributed by atoms with Crippen LogP contribution in [0.15, 0.2) is 42.5 Å². The molecule has 0 saturated carbocycles. The van der Waals surface area contributed by atoms with Gasteiger partial charge in [-0.25, -0.2) is 8.78 Å². The van der Waals surface area contributed by atoms with Crippen molar-refractivity contribution in [2.45, 2.75) is 12.8 Å². The second-order valence-corrected chi connectivity index (χ2v) is 4.27. The third-order valence-corrected chi connectivity index (χ3v) is 2.84. The summed E-state index contributed by atoms with van der Waals surface area (Å²) in [5.41, 5.74) is 6.93. The van der Waals surface area contributed by atoms with Crippen molar-refractivity contribution in [1.82, 2.24) is 0 Å². The van der Waals surface area contributed by atoms with Gasteiger partial charge in [0.15, 0.2) is 17.4 Å². The summed E-state index contributed by atoms with van der Waals surface area (Å²) in [5.74, 6) is -2.51. The van der Waals surface area contributed by atoms with Gasteiger partial charge in [0, 0.05) is 12.1 Å². The van der Waals surface area contributed by atoms with Crippen molar-refractivity contribution in [2.75, 3.05) is 5.73 Å². The molecule has 0 radical (unpaired) electrons.